The number of rotatable bonds is 0. The second-order valence-corrected chi connectivity index (χ2v) is 4.10. The van der Waals surface area contributed by atoms with E-state index in [9.17, 15) is 5.11 Å². The predicted molar refractivity (Wildman–Crippen MR) is 46.5 cm³/mol. The number of aliphatic hydroxyl groups excluding tert-OH is 1. The summed E-state index contributed by atoms with van der Waals surface area (Å²) < 4.78 is 5.23. The van der Waals surface area contributed by atoms with Crippen molar-refractivity contribution in [1.82, 2.24) is 0 Å². The molecule has 2 fully saturated rings. The smallest absolute Gasteiger partial charge is 0.158 e. The molecular weight excluding hydrogens is 152 g/mol. The molecule has 1 N–H and O–H groups in total. The van der Waals surface area contributed by atoms with Crippen LogP contribution in [-0.4, -0.2) is 18.0 Å². The van der Waals surface area contributed by atoms with E-state index in [0.29, 0.717) is 24.4 Å². The second kappa shape index (κ2) is 2.86. The highest BCUT2D eigenvalue weighted by Gasteiger charge is 2.42. The first-order valence-electron chi connectivity index (χ1n) is 4.67. The Labute approximate surface area is 73.2 Å². The van der Waals surface area contributed by atoms with Crippen molar-refractivity contribution in [2.45, 2.75) is 26.1 Å². The molecule has 68 valence electrons. The summed E-state index contributed by atoms with van der Waals surface area (Å²) in [6.07, 6.45) is 1.85. The summed E-state index contributed by atoms with van der Waals surface area (Å²) in [6, 6.07) is 0. The van der Waals surface area contributed by atoms with Crippen molar-refractivity contribution in [3.8, 4) is 0 Å². The Bertz CT molecular complexity index is 200. The van der Waals surface area contributed by atoms with Gasteiger partial charge in [-0.25, -0.2) is 0 Å². The Kier molecular flexibility index (Phi) is 1.97. The molecule has 0 radical (unpaired) electrons. The summed E-state index contributed by atoms with van der Waals surface area (Å²) in [6.45, 7) is 6.73. The Morgan fingerprint density at radius 3 is 2.92 bits per heavy atom. The van der Waals surface area contributed by atoms with Gasteiger partial charge >= 0.3 is 0 Å². The van der Waals surface area contributed by atoms with Crippen LogP contribution in [0, 0.1) is 17.8 Å². The summed E-state index contributed by atoms with van der Waals surface area (Å²) >= 11 is 0. The molecule has 0 unspecified atom stereocenters. The molecule has 1 saturated heterocycles. The molecule has 0 amide bonds. The van der Waals surface area contributed by atoms with Crippen LogP contribution in [0.5, 0.6) is 0 Å². The van der Waals surface area contributed by atoms with E-state index < -0.39 is 6.29 Å². The van der Waals surface area contributed by atoms with Crippen molar-refractivity contribution in [1.29, 1.82) is 0 Å². The normalized spacial score (nSPS) is 47.7. The monoisotopic (exact) mass is 168 g/mol. The van der Waals surface area contributed by atoms with E-state index in [-0.39, 0.29) is 0 Å². The summed E-state index contributed by atoms with van der Waals surface area (Å²) in [5, 5.41) is 9.60. The molecule has 1 saturated carbocycles. The summed E-state index contributed by atoms with van der Waals surface area (Å²) in [5.74, 6) is 1.41. The van der Waals surface area contributed by atoms with Crippen molar-refractivity contribution >= 4 is 0 Å². The number of hydrogen-bond donors (Lipinski definition) is 1. The van der Waals surface area contributed by atoms with E-state index in [1.54, 1.807) is 0 Å². The van der Waals surface area contributed by atoms with Gasteiger partial charge in [-0.3, -0.25) is 0 Å². The zero-order chi connectivity index (χ0) is 8.72. The molecule has 1 heterocycles. The van der Waals surface area contributed by atoms with E-state index >= 15 is 0 Å². The van der Waals surface area contributed by atoms with Gasteiger partial charge in [0, 0.05) is 5.92 Å². The maximum absolute atomic E-state index is 9.60. The van der Waals surface area contributed by atoms with Gasteiger partial charge in [-0.05, 0) is 30.3 Å². The summed E-state index contributed by atoms with van der Waals surface area (Å²) in [5.41, 5.74) is 1.18. The van der Waals surface area contributed by atoms with Crippen LogP contribution in [0.15, 0.2) is 12.2 Å². The van der Waals surface area contributed by atoms with Gasteiger partial charge in [0.05, 0.1) is 6.61 Å². The highest BCUT2D eigenvalue weighted by Crippen LogP contribution is 2.45. The lowest BCUT2D eigenvalue weighted by molar-refractivity contribution is -0.160. The molecule has 1 aliphatic heterocycles. The molecule has 2 heteroatoms. The van der Waals surface area contributed by atoms with Crippen LogP contribution in [0.3, 0.4) is 0 Å². The molecule has 0 aromatic rings. The van der Waals surface area contributed by atoms with Crippen LogP contribution in [-0.2, 0) is 4.74 Å². The third kappa shape index (κ3) is 1.10. The highest BCUT2D eigenvalue weighted by molar-refractivity contribution is 5.10. The van der Waals surface area contributed by atoms with Crippen molar-refractivity contribution < 1.29 is 9.84 Å². The van der Waals surface area contributed by atoms with Crippen molar-refractivity contribution in [3.05, 3.63) is 12.2 Å². The molecule has 4 atom stereocenters. The molecule has 0 aromatic carbocycles. The largest absolute Gasteiger partial charge is 0.368 e. The zero-order valence-corrected chi connectivity index (χ0v) is 7.49. The average Bonchev–Trinajstić information content (AvgIpc) is 2.42. The first kappa shape index (κ1) is 8.27. The SMILES string of the molecule is C=C1CO[C@@H](O)[C@H]2[C@@H]1CC[C@@H]2C. The first-order valence-corrected chi connectivity index (χ1v) is 4.67. The fraction of sp³-hybridized carbons (Fsp3) is 0.800. The fourth-order valence-electron chi connectivity index (χ4n) is 2.59. The van der Waals surface area contributed by atoms with Gasteiger partial charge in [0.2, 0.25) is 0 Å². The minimum Gasteiger partial charge on any atom is -0.368 e. The molecular formula is C10H16O2. The minimum atomic E-state index is -0.544. The van der Waals surface area contributed by atoms with Gasteiger partial charge in [0.1, 0.15) is 0 Å². The molecule has 0 bridgehead atoms. The van der Waals surface area contributed by atoms with E-state index in [1.165, 1.54) is 18.4 Å². The second-order valence-electron chi connectivity index (χ2n) is 4.10. The molecule has 2 rings (SSSR count). The average molecular weight is 168 g/mol. The Morgan fingerprint density at radius 2 is 2.25 bits per heavy atom. The number of fused-ring (bicyclic) bond motifs is 1. The van der Waals surface area contributed by atoms with Crippen LogP contribution >= 0.6 is 0 Å². The minimum absolute atomic E-state index is 0.311. The zero-order valence-electron chi connectivity index (χ0n) is 7.49. The summed E-state index contributed by atoms with van der Waals surface area (Å²) in [4.78, 5) is 0. The molecule has 1 aliphatic carbocycles. The number of aliphatic hydroxyl groups is 1. The number of ether oxygens (including phenoxy) is 1. The van der Waals surface area contributed by atoms with Gasteiger partial charge in [-0.2, -0.15) is 0 Å². The molecule has 0 aromatic heterocycles. The van der Waals surface area contributed by atoms with Crippen molar-refractivity contribution in [3.63, 3.8) is 0 Å². The van der Waals surface area contributed by atoms with Gasteiger partial charge in [0.25, 0.3) is 0 Å². The maximum atomic E-state index is 9.60. The van der Waals surface area contributed by atoms with Crippen LogP contribution in [0.1, 0.15) is 19.8 Å². The van der Waals surface area contributed by atoms with Crippen molar-refractivity contribution in [2.75, 3.05) is 6.61 Å². The first-order chi connectivity index (χ1) is 5.70. The van der Waals surface area contributed by atoms with Crippen LogP contribution in [0.4, 0.5) is 0 Å². The predicted octanol–water partition coefficient (Wildman–Crippen LogP) is 1.55. The third-order valence-electron chi connectivity index (χ3n) is 3.35. The Balaban J connectivity index is 2.18. The van der Waals surface area contributed by atoms with E-state index in [4.69, 9.17) is 4.74 Å². The third-order valence-corrected chi connectivity index (χ3v) is 3.35. The standard InChI is InChI=1S/C10H16O2/c1-6-3-4-8-7(2)5-12-10(11)9(6)8/h6,8-11H,2-5H2,1H3/t6-,8+,9+,10+/m0/s1. The fourth-order valence-corrected chi connectivity index (χ4v) is 2.59. The van der Waals surface area contributed by atoms with Gasteiger partial charge < -0.3 is 9.84 Å². The van der Waals surface area contributed by atoms with Gasteiger partial charge in [-0.15, -0.1) is 0 Å². The van der Waals surface area contributed by atoms with Gasteiger partial charge in [-0.1, -0.05) is 13.5 Å². The summed E-state index contributed by atoms with van der Waals surface area (Å²) in [7, 11) is 0. The Hall–Kier alpha value is -0.340. The van der Waals surface area contributed by atoms with E-state index in [2.05, 4.69) is 13.5 Å². The Morgan fingerprint density at radius 1 is 1.50 bits per heavy atom. The van der Waals surface area contributed by atoms with Gasteiger partial charge in [0.15, 0.2) is 6.29 Å². The lowest BCUT2D eigenvalue weighted by atomic mass is 9.84. The van der Waals surface area contributed by atoms with E-state index in [0.717, 1.165) is 0 Å². The van der Waals surface area contributed by atoms with Crippen LogP contribution in [0.25, 0.3) is 0 Å². The topological polar surface area (TPSA) is 29.5 Å². The quantitative estimate of drug-likeness (QED) is 0.556. The molecule has 12 heavy (non-hydrogen) atoms. The van der Waals surface area contributed by atoms with Crippen LogP contribution < -0.4 is 0 Å². The lowest BCUT2D eigenvalue weighted by Gasteiger charge is -2.34. The number of hydrogen-bond acceptors (Lipinski definition) is 2. The molecule has 2 aliphatic rings. The lowest BCUT2D eigenvalue weighted by Crippen LogP contribution is -2.37. The van der Waals surface area contributed by atoms with E-state index in [1.807, 2.05) is 0 Å². The van der Waals surface area contributed by atoms with Crippen molar-refractivity contribution in [2.24, 2.45) is 17.8 Å². The highest BCUT2D eigenvalue weighted by atomic mass is 16.6. The maximum Gasteiger partial charge on any atom is 0.158 e. The molecule has 0 spiro atoms. The van der Waals surface area contributed by atoms with Crippen LogP contribution in [0.2, 0.25) is 0 Å². The molecule has 2 nitrogen and oxygen atoms in total.